The van der Waals surface area contributed by atoms with Crippen molar-refractivity contribution in [1.29, 1.82) is 0 Å². The Hall–Kier alpha value is -2.46. The molecule has 2 rings (SSSR count). The summed E-state index contributed by atoms with van der Waals surface area (Å²) in [4.78, 5) is 0. The van der Waals surface area contributed by atoms with Crippen LogP contribution in [-0.2, 0) is 6.42 Å². The minimum atomic E-state index is 0.127. The number of nitrogens with one attached hydrogen (secondary N) is 1. The SMILES string of the molecule is C=CCc1cc(C=NNc2cccc(Cl)c2)cc(OC)c1O. The van der Waals surface area contributed by atoms with Gasteiger partial charge in [-0.1, -0.05) is 23.7 Å². The second kappa shape index (κ2) is 7.52. The maximum absolute atomic E-state index is 10.0. The largest absolute Gasteiger partial charge is 0.504 e. The van der Waals surface area contributed by atoms with Gasteiger partial charge in [-0.2, -0.15) is 5.10 Å². The van der Waals surface area contributed by atoms with Crippen LogP contribution in [0.25, 0.3) is 0 Å². The summed E-state index contributed by atoms with van der Waals surface area (Å²) in [5.41, 5.74) is 5.23. The minimum absolute atomic E-state index is 0.127. The highest BCUT2D eigenvalue weighted by Gasteiger charge is 2.08. The smallest absolute Gasteiger partial charge is 0.161 e. The Kier molecular flexibility index (Phi) is 5.44. The first kappa shape index (κ1) is 15.9. The van der Waals surface area contributed by atoms with E-state index >= 15 is 0 Å². The zero-order valence-corrected chi connectivity index (χ0v) is 13.0. The highest BCUT2D eigenvalue weighted by molar-refractivity contribution is 6.30. The number of rotatable bonds is 6. The van der Waals surface area contributed by atoms with Crippen molar-refractivity contribution in [1.82, 2.24) is 0 Å². The van der Waals surface area contributed by atoms with Gasteiger partial charge in [0.25, 0.3) is 0 Å². The number of phenolic OH excluding ortho intramolecular Hbond substituents is 1. The fraction of sp³-hybridized carbons (Fsp3) is 0.118. The van der Waals surface area contributed by atoms with Gasteiger partial charge >= 0.3 is 0 Å². The topological polar surface area (TPSA) is 53.9 Å². The van der Waals surface area contributed by atoms with E-state index in [4.69, 9.17) is 16.3 Å². The first-order chi connectivity index (χ1) is 10.6. The summed E-state index contributed by atoms with van der Waals surface area (Å²) in [5, 5.41) is 14.8. The Morgan fingerprint density at radius 2 is 2.18 bits per heavy atom. The number of anilines is 1. The van der Waals surface area contributed by atoms with Crippen LogP contribution in [0.5, 0.6) is 11.5 Å². The molecule has 2 aromatic carbocycles. The summed E-state index contributed by atoms with van der Waals surface area (Å²) in [6.45, 7) is 3.68. The van der Waals surface area contributed by atoms with Crippen LogP contribution in [0.15, 0.2) is 54.2 Å². The zero-order chi connectivity index (χ0) is 15.9. The van der Waals surface area contributed by atoms with E-state index in [1.54, 1.807) is 30.5 Å². The highest BCUT2D eigenvalue weighted by atomic mass is 35.5. The first-order valence-electron chi connectivity index (χ1n) is 6.69. The third-order valence-electron chi connectivity index (χ3n) is 2.99. The number of nitrogens with zero attached hydrogens (tertiary/aromatic N) is 1. The van der Waals surface area contributed by atoms with E-state index in [0.29, 0.717) is 17.2 Å². The molecule has 0 aliphatic heterocycles. The van der Waals surface area contributed by atoms with Crippen LogP contribution in [0.2, 0.25) is 5.02 Å². The van der Waals surface area contributed by atoms with E-state index in [1.165, 1.54) is 7.11 Å². The highest BCUT2D eigenvalue weighted by Crippen LogP contribution is 2.31. The van der Waals surface area contributed by atoms with E-state index in [2.05, 4.69) is 17.1 Å². The molecule has 0 atom stereocenters. The standard InChI is InChI=1S/C17H17ClN2O2/c1-3-5-13-8-12(9-16(22-2)17(13)21)11-19-20-15-7-4-6-14(18)10-15/h3-4,6-11,20-21H,1,5H2,2H3. The van der Waals surface area contributed by atoms with E-state index in [9.17, 15) is 5.11 Å². The molecule has 114 valence electrons. The van der Waals surface area contributed by atoms with Crippen LogP contribution in [0.1, 0.15) is 11.1 Å². The molecule has 0 spiro atoms. The van der Waals surface area contributed by atoms with Crippen molar-refractivity contribution in [2.75, 3.05) is 12.5 Å². The molecule has 0 bridgehead atoms. The van der Waals surface area contributed by atoms with Crippen LogP contribution >= 0.6 is 11.6 Å². The number of aromatic hydroxyl groups is 1. The lowest BCUT2D eigenvalue weighted by molar-refractivity contribution is 0.371. The lowest BCUT2D eigenvalue weighted by atomic mass is 10.1. The minimum Gasteiger partial charge on any atom is -0.504 e. The van der Waals surface area contributed by atoms with Crippen molar-refractivity contribution in [3.05, 3.63) is 65.2 Å². The molecule has 0 aromatic heterocycles. The quantitative estimate of drug-likeness (QED) is 0.476. The molecule has 0 heterocycles. The fourth-order valence-corrected chi connectivity index (χ4v) is 2.16. The normalized spacial score (nSPS) is 10.6. The maximum Gasteiger partial charge on any atom is 0.161 e. The Bertz CT molecular complexity index is 699. The Balaban J connectivity index is 2.19. The van der Waals surface area contributed by atoms with Gasteiger partial charge in [0.1, 0.15) is 0 Å². The van der Waals surface area contributed by atoms with Gasteiger partial charge < -0.3 is 9.84 Å². The molecular weight excluding hydrogens is 300 g/mol. The van der Waals surface area contributed by atoms with Crippen molar-refractivity contribution < 1.29 is 9.84 Å². The number of benzene rings is 2. The maximum atomic E-state index is 10.0. The van der Waals surface area contributed by atoms with E-state index < -0.39 is 0 Å². The molecule has 0 aliphatic carbocycles. The van der Waals surface area contributed by atoms with Crippen molar-refractivity contribution in [3.63, 3.8) is 0 Å². The molecule has 0 radical (unpaired) electrons. The van der Waals surface area contributed by atoms with Crippen molar-refractivity contribution in [2.45, 2.75) is 6.42 Å². The average Bonchev–Trinajstić information content (AvgIpc) is 2.50. The Labute approximate surface area is 134 Å². The Morgan fingerprint density at radius 3 is 2.86 bits per heavy atom. The molecule has 2 aromatic rings. The lowest BCUT2D eigenvalue weighted by Gasteiger charge is -2.09. The summed E-state index contributed by atoms with van der Waals surface area (Å²) in [6, 6.07) is 10.8. The number of hydrazone groups is 1. The molecule has 0 fully saturated rings. The fourth-order valence-electron chi connectivity index (χ4n) is 1.97. The molecule has 0 unspecified atom stereocenters. The first-order valence-corrected chi connectivity index (χ1v) is 7.07. The van der Waals surface area contributed by atoms with Gasteiger partial charge in [0.2, 0.25) is 0 Å². The summed E-state index contributed by atoms with van der Waals surface area (Å²) in [7, 11) is 1.51. The second-order valence-corrected chi connectivity index (χ2v) is 5.04. The molecule has 0 amide bonds. The summed E-state index contributed by atoms with van der Waals surface area (Å²) in [6.07, 6.45) is 3.92. The third-order valence-corrected chi connectivity index (χ3v) is 3.23. The number of halogens is 1. The monoisotopic (exact) mass is 316 g/mol. The van der Waals surface area contributed by atoms with E-state index in [-0.39, 0.29) is 5.75 Å². The van der Waals surface area contributed by atoms with Crippen LogP contribution in [-0.4, -0.2) is 18.4 Å². The molecule has 0 aliphatic rings. The molecule has 22 heavy (non-hydrogen) atoms. The van der Waals surface area contributed by atoms with E-state index in [0.717, 1.165) is 16.8 Å². The van der Waals surface area contributed by atoms with Crippen molar-refractivity contribution in [3.8, 4) is 11.5 Å². The van der Waals surface area contributed by atoms with Crippen LogP contribution < -0.4 is 10.2 Å². The third kappa shape index (κ3) is 4.02. The number of hydrogen-bond donors (Lipinski definition) is 2. The number of allylic oxidation sites excluding steroid dienone is 1. The van der Waals surface area contributed by atoms with Crippen LogP contribution in [0.3, 0.4) is 0 Å². The predicted octanol–water partition coefficient (Wildman–Crippen LogP) is 4.23. The molecule has 4 nitrogen and oxygen atoms in total. The van der Waals surface area contributed by atoms with Crippen molar-refractivity contribution >= 4 is 23.5 Å². The van der Waals surface area contributed by atoms with Gasteiger partial charge in [-0.25, -0.2) is 0 Å². The molecule has 0 saturated carbocycles. The van der Waals surface area contributed by atoms with E-state index in [1.807, 2.05) is 18.2 Å². The molecule has 0 saturated heterocycles. The van der Waals surface area contributed by atoms with Gasteiger partial charge in [0.15, 0.2) is 11.5 Å². The average molecular weight is 317 g/mol. The van der Waals surface area contributed by atoms with Gasteiger partial charge in [0, 0.05) is 10.6 Å². The zero-order valence-electron chi connectivity index (χ0n) is 12.2. The number of methoxy groups -OCH3 is 1. The van der Waals surface area contributed by atoms with Crippen LogP contribution in [0.4, 0.5) is 5.69 Å². The number of hydrogen-bond acceptors (Lipinski definition) is 4. The molecule has 2 N–H and O–H groups in total. The van der Waals surface area contributed by atoms with Crippen LogP contribution in [0, 0.1) is 0 Å². The Morgan fingerprint density at radius 1 is 1.36 bits per heavy atom. The van der Waals surface area contributed by atoms with Gasteiger partial charge in [-0.05, 0) is 42.3 Å². The predicted molar refractivity (Wildman–Crippen MR) is 91.2 cm³/mol. The number of phenols is 1. The van der Waals surface area contributed by atoms with Gasteiger partial charge in [-0.3, -0.25) is 5.43 Å². The summed E-state index contributed by atoms with van der Waals surface area (Å²) < 4.78 is 5.17. The lowest BCUT2D eigenvalue weighted by Crippen LogP contribution is -1.95. The summed E-state index contributed by atoms with van der Waals surface area (Å²) >= 11 is 5.91. The molecule has 5 heteroatoms. The summed E-state index contributed by atoms with van der Waals surface area (Å²) in [5.74, 6) is 0.533. The second-order valence-electron chi connectivity index (χ2n) is 4.60. The van der Waals surface area contributed by atoms with Crippen molar-refractivity contribution in [2.24, 2.45) is 5.10 Å². The molecular formula is C17H17ClN2O2. The number of ether oxygens (including phenoxy) is 1. The van der Waals surface area contributed by atoms with Gasteiger partial charge in [0.05, 0.1) is 19.0 Å². The van der Waals surface area contributed by atoms with Gasteiger partial charge in [-0.15, -0.1) is 6.58 Å².